The number of carbonyl (C=O) groups excluding carboxylic acids is 5. The first-order valence-corrected chi connectivity index (χ1v) is 42.3. The molecule has 0 bridgehead atoms. The number of aliphatic hydroxyl groups is 21. The highest BCUT2D eigenvalue weighted by Crippen LogP contribution is 2.37. The van der Waals surface area contributed by atoms with Crippen LogP contribution in [0.1, 0.15) is 96.3 Å². The summed E-state index contributed by atoms with van der Waals surface area (Å²) in [6, 6.07) is -2.52. The lowest BCUT2D eigenvalue weighted by molar-refractivity contribution is -0.338. The number of hydrogen-bond donors (Lipinski definition) is 28. The molecular weight excluding hydrogens is 1600 g/mol. The second-order valence-corrected chi connectivity index (χ2v) is 32.7. The van der Waals surface area contributed by atoms with Gasteiger partial charge < -0.3 is 193 Å². The van der Waals surface area contributed by atoms with Gasteiger partial charge in [-0.15, -0.1) is 35.3 Å². The van der Waals surface area contributed by atoms with Crippen LogP contribution in [0.2, 0.25) is 0 Å². The van der Waals surface area contributed by atoms with Crippen LogP contribution in [-0.2, 0) is 66.6 Å². The third kappa shape index (κ3) is 30.2. The van der Waals surface area contributed by atoms with E-state index in [9.17, 15) is 131 Å². The predicted octanol–water partition coefficient (Wildman–Crippen LogP) is -12.6. The first kappa shape index (κ1) is 101. The van der Waals surface area contributed by atoms with Gasteiger partial charge in [-0.1, -0.05) is 6.42 Å². The molecule has 0 unspecified atom stereocenters. The van der Waals surface area contributed by atoms with E-state index in [0.717, 1.165) is 87.0 Å². The van der Waals surface area contributed by atoms with Crippen molar-refractivity contribution in [3.05, 3.63) is 0 Å². The largest absolute Gasteiger partial charge is 0.394 e. The van der Waals surface area contributed by atoms with Crippen LogP contribution < -0.4 is 38.1 Å². The van der Waals surface area contributed by atoms with Crippen LogP contribution in [0.25, 0.3) is 0 Å². The van der Waals surface area contributed by atoms with E-state index in [2.05, 4.69) is 31.5 Å². The fraction of sp³-hybridized carbons (Fsp3) is 0.928. The number of thioether (sulfide) groups is 3. The average Bonchev–Trinajstić information content (AvgIpc) is 0.795. The maximum atomic E-state index is 14.6. The summed E-state index contributed by atoms with van der Waals surface area (Å²) in [7, 11) is 0. The molecule has 32 atom stereocenters. The van der Waals surface area contributed by atoms with Gasteiger partial charge in [-0.05, 0) is 103 Å². The smallest absolute Gasteiger partial charge is 0.243 e. The number of nitrogens with two attached hydrogens (primary N) is 2. The van der Waals surface area contributed by atoms with E-state index >= 15 is 0 Å². The standard InChI is InChI=1S/C69H126N8O35S3/c70-16-4-9-22-77(23-10-17-71)21-8-1-5-20-74-62(102)33(11-2-6-18-72-41(84)13-24-113-67-56(99)50(93)59(38(30-81)107-67)110-64-53(96)47(90)44(87)35(27-78)104-64)76-63(103)34(75-43(86)15-26-115-69-58(101)52(95)61(40(32-83)109-69)112-66-55(98)49(92)46(89)37(29-80)106-66)12-3-7-19-73-42(85)14-25-114-68-57(100)51(94)60(39(31-82)108-68)111-65-54(97)48(91)45(88)36(28-79)105-65/h33-40,44-61,64-69,78-83,87-101H,1-32,70-71H2,(H,72,84)(H,73,85)(H,74,102)(H,75,86)(H,76,103)/t33-,34-,35+,36+,37+,38+,39+,40+,44-,45-,46-,47-,48-,49-,50+,51+,52+,53+,54+,55+,56+,57+,58+,59+,60+,61+,64-,65-,66-,67-,68-,69-/m0/s1. The van der Waals surface area contributed by atoms with Crippen LogP contribution in [0.15, 0.2) is 0 Å². The number of nitrogens with zero attached hydrogens (tertiary/aromatic N) is 1. The van der Waals surface area contributed by atoms with E-state index in [4.69, 9.17) is 54.1 Å². The van der Waals surface area contributed by atoms with Gasteiger partial charge in [0, 0.05) is 56.2 Å². The molecule has 0 spiro atoms. The van der Waals surface area contributed by atoms with Crippen molar-refractivity contribution in [2.75, 3.05) is 109 Å². The molecule has 0 aromatic rings. The molecule has 46 heteroatoms. The summed E-state index contributed by atoms with van der Waals surface area (Å²) in [6.45, 7) is -0.732. The molecule has 6 aliphatic heterocycles. The number of hydrogen-bond acceptors (Lipinski definition) is 41. The van der Waals surface area contributed by atoms with Crippen molar-refractivity contribution in [2.45, 2.75) is 290 Å². The highest BCUT2D eigenvalue weighted by Gasteiger charge is 2.55. The number of carbonyl (C=O) groups is 5. The third-order valence-electron chi connectivity index (χ3n) is 20.5. The number of unbranched alkanes of at least 4 members (excludes halogenated alkanes) is 5. The van der Waals surface area contributed by atoms with Crippen LogP contribution in [-0.4, -0.2) is 445 Å². The van der Waals surface area contributed by atoms with Crippen LogP contribution >= 0.6 is 35.3 Å². The molecule has 0 radical (unpaired) electrons. The molecule has 6 fully saturated rings. The second kappa shape index (κ2) is 52.5. The lowest BCUT2D eigenvalue weighted by Gasteiger charge is -2.46. The normalized spacial score (nSPS) is 36.4. The van der Waals surface area contributed by atoms with E-state index in [1.807, 2.05) is 0 Å². The molecular formula is C69H126N8O35S3. The Morgan fingerprint density at radius 1 is 0.330 bits per heavy atom. The van der Waals surface area contributed by atoms with Crippen molar-refractivity contribution in [2.24, 2.45) is 11.5 Å². The van der Waals surface area contributed by atoms with Crippen LogP contribution in [0, 0.1) is 0 Å². The molecule has 6 saturated heterocycles. The highest BCUT2D eigenvalue weighted by atomic mass is 32.2. The van der Waals surface area contributed by atoms with E-state index in [0.29, 0.717) is 19.5 Å². The van der Waals surface area contributed by atoms with Gasteiger partial charge in [0.2, 0.25) is 29.5 Å². The minimum Gasteiger partial charge on any atom is -0.394 e. The van der Waals surface area contributed by atoms with Crippen LogP contribution in [0.4, 0.5) is 0 Å². The van der Waals surface area contributed by atoms with Crippen molar-refractivity contribution in [3.63, 3.8) is 0 Å². The monoisotopic (exact) mass is 1720 g/mol. The minimum absolute atomic E-state index is 0.0125. The Morgan fingerprint density at radius 2 is 0.652 bits per heavy atom. The van der Waals surface area contributed by atoms with Gasteiger partial charge in [0.1, 0.15) is 175 Å². The Hall–Kier alpha value is -2.92. The van der Waals surface area contributed by atoms with Crippen molar-refractivity contribution in [1.82, 2.24) is 31.5 Å². The second-order valence-electron chi connectivity index (χ2n) is 29.1. The zero-order valence-corrected chi connectivity index (χ0v) is 66.5. The van der Waals surface area contributed by atoms with E-state index in [-0.39, 0.29) is 94.7 Å². The van der Waals surface area contributed by atoms with Gasteiger partial charge in [0.15, 0.2) is 18.9 Å². The number of aliphatic hydroxyl groups excluding tert-OH is 21. The van der Waals surface area contributed by atoms with E-state index in [1.54, 1.807) is 0 Å². The summed E-state index contributed by atoms with van der Waals surface area (Å²) < 4.78 is 50.5. The first-order chi connectivity index (χ1) is 55.0. The van der Waals surface area contributed by atoms with Crippen molar-refractivity contribution >= 4 is 64.8 Å². The lowest BCUT2D eigenvalue weighted by Crippen LogP contribution is -2.64. The maximum Gasteiger partial charge on any atom is 0.243 e. The molecule has 6 heterocycles. The Bertz CT molecular complexity index is 2790. The van der Waals surface area contributed by atoms with E-state index < -0.39 is 263 Å². The molecule has 43 nitrogen and oxygen atoms in total. The van der Waals surface area contributed by atoms with Gasteiger partial charge in [-0.2, -0.15) is 0 Å². The van der Waals surface area contributed by atoms with E-state index in [1.165, 1.54) is 0 Å². The Morgan fingerprint density at radius 3 is 1.01 bits per heavy atom. The number of amides is 5. The summed E-state index contributed by atoms with van der Waals surface area (Å²) in [6.07, 6.45) is -39.8. The molecule has 115 heavy (non-hydrogen) atoms. The molecule has 0 aromatic heterocycles. The summed E-state index contributed by atoms with van der Waals surface area (Å²) in [5.74, 6) is -3.02. The molecule has 0 aliphatic carbocycles. The average molecular weight is 1720 g/mol. The third-order valence-corrected chi connectivity index (χ3v) is 24.0. The lowest BCUT2D eigenvalue weighted by atomic mass is 9.97. The summed E-state index contributed by atoms with van der Waals surface area (Å²) in [5, 5.41) is 233. The zero-order chi connectivity index (χ0) is 84.6. The van der Waals surface area contributed by atoms with Gasteiger partial charge in [0.05, 0.1) is 39.6 Å². The van der Waals surface area contributed by atoms with Crippen molar-refractivity contribution in [1.29, 1.82) is 0 Å². The first-order valence-electron chi connectivity index (χ1n) is 39.2. The molecule has 6 aliphatic rings. The predicted molar refractivity (Wildman–Crippen MR) is 403 cm³/mol. The SMILES string of the molecule is NCCCCN(CCCN)CCCCCNC(=O)[C@H](CCCCNC(=O)CCS[C@@H]1O[C@H](CO)[C@@H](O[C@@H]2O[C@H](CO)[C@H](O)[C@H](O)[C@H]2O)[C@H](O)[C@H]1O)NC(=O)[C@H](CCCCNC(=O)CCS[C@@H]1O[C@H](CO)[C@@H](O[C@@H]2O[C@H](CO)[C@H](O)[C@H](O)[C@H]2O)[C@H](O)[C@H]1O)NC(=O)CCS[C@@H]1O[C@H](CO)[C@@H](O[C@@H]2O[C@H](CO)[C@H](O)[C@H](O)[C@H]2O)[C@H](O)[C@H]1O. The zero-order valence-electron chi connectivity index (χ0n) is 64.0. The fourth-order valence-electron chi connectivity index (χ4n) is 13.6. The minimum atomic E-state index is -1.90. The Labute approximate surface area is 678 Å². The maximum absolute atomic E-state index is 14.6. The van der Waals surface area contributed by atoms with Gasteiger partial charge in [0.25, 0.3) is 0 Å². The summed E-state index contributed by atoms with van der Waals surface area (Å²) in [5.41, 5.74) is 7.81. The van der Waals surface area contributed by atoms with Crippen molar-refractivity contribution in [3.8, 4) is 0 Å². The van der Waals surface area contributed by atoms with Crippen LogP contribution in [0.3, 0.4) is 0 Å². The Kier molecular flexibility index (Phi) is 46.1. The fourth-order valence-corrected chi connectivity index (χ4v) is 17.0. The van der Waals surface area contributed by atoms with Gasteiger partial charge in [-0.25, -0.2) is 0 Å². The van der Waals surface area contributed by atoms with Crippen molar-refractivity contribution < 1.29 is 174 Å². The summed E-state index contributed by atoms with van der Waals surface area (Å²) >= 11 is 2.70. The highest BCUT2D eigenvalue weighted by molar-refractivity contribution is 8.00. The molecule has 0 aromatic carbocycles. The number of ether oxygens (including phenoxy) is 9. The molecule has 30 N–H and O–H groups in total. The number of nitrogens with one attached hydrogen (secondary N) is 5. The van der Waals surface area contributed by atoms with Gasteiger partial charge >= 0.3 is 0 Å². The molecule has 6 rings (SSSR count). The van der Waals surface area contributed by atoms with Crippen LogP contribution in [0.5, 0.6) is 0 Å². The quantitative estimate of drug-likeness (QED) is 0.0252. The molecule has 5 amide bonds. The summed E-state index contributed by atoms with van der Waals surface area (Å²) in [4.78, 5) is 71.4. The molecule has 0 saturated carbocycles. The topological polar surface area (TPSA) is 709 Å². The molecule has 670 valence electrons. The Balaban J connectivity index is 1.07. The van der Waals surface area contributed by atoms with Gasteiger partial charge in [-0.3, -0.25) is 24.0 Å². The number of rotatable bonds is 51.